The third-order valence-corrected chi connectivity index (χ3v) is 4.33. The molecule has 3 rings (SSSR count). The highest BCUT2D eigenvalue weighted by Gasteiger charge is 2.31. The fraction of sp³-hybridized carbons (Fsp3) is 0.316. The molecule has 0 aliphatic carbocycles. The summed E-state index contributed by atoms with van der Waals surface area (Å²) in [4.78, 5) is 12.3. The van der Waals surface area contributed by atoms with Gasteiger partial charge in [-0.3, -0.25) is 4.79 Å². The summed E-state index contributed by atoms with van der Waals surface area (Å²) in [6.07, 6.45) is 0.765. The summed E-state index contributed by atoms with van der Waals surface area (Å²) in [5.41, 5.74) is 5.83. The van der Waals surface area contributed by atoms with Crippen molar-refractivity contribution in [3.05, 3.63) is 64.7 Å². The number of anilines is 1. The first kappa shape index (κ1) is 13.9. The summed E-state index contributed by atoms with van der Waals surface area (Å²) in [6.45, 7) is 6.43. The number of para-hydroxylation sites is 1. The molecule has 2 aromatic carbocycles. The van der Waals surface area contributed by atoms with Gasteiger partial charge in [-0.05, 0) is 41.5 Å². The Bertz CT molecular complexity index is 670. The molecule has 0 saturated carbocycles. The summed E-state index contributed by atoms with van der Waals surface area (Å²) in [5, 5.41) is 3.03. The van der Waals surface area contributed by atoms with E-state index in [9.17, 15) is 4.79 Å². The van der Waals surface area contributed by atoms with Crippen molar-refractivity contribution in [3.63, 3.8) is 0 Å². The van der Waals surface area contributed by atoms with Gasteiger partial charge in [0, 0.05) is 5.69 Å². The zero-order chi connectivity index (χ0) is 15.0. The summed E-state index contributed by atoms with van der Waals surface area (Å²) >= 11 is 0. The lowest BCUT2D eigenvalue weighted by atomic mass is 9.91. The third-order valence-electron chi connectivity index (χ3n) is 4.33. The number of nitrogens with one attached hydrogen (secondary N) is 1. The fourth-order valence-corrected chi connectivity index (χ4v) is 2.98. The van der Waals surface area contributed by atoms with Crippen LogP contribution in [0.2, 0.25) is 0 Å². The third kappa shape index (κ3) is 2.58. The molecule has 1 atom stereocenters. The van der Waals surface area contributed by atoms with Crippen molar-refractivity contribution in [2.24, 2.45) is 0 Å². The number of benzene rings is 2. The van der Waals surface area contributed by atoms with Crippen LogP contribution in [0.15, 0.2) is 42.5 Å². The maximum atomic E-state index is 12.3. The van der Waals surface area contributed by atoms with Crippen LogP contribution < -0.4 is 5.32 Å². The molecule has 0 fully saturated rings. The van der Waals surface area contributed by atoms with E-state index in [0.717, 1.165) is 23.2 Å². The molecule has 21 heavy (non-hydrogen) atoms. The van der Waals surface area contributed by atoms with Crippen LogP contribution in [-0.4, -0.2) is 5.91 Å². The molecule has 0 bridgehead atoms. The molecule has 1 heterocycles. The minimum Gasteiger partial charge on any atom is -0.325 e. The van der Waals surface area contributed by atoms with Crippen LogP contribution in [-0.2, 0) is 11.2 Å². The van der Waals surface area contributed by atoms with E-state index in [4.69, 9.17) is 0 Å². The number of aryl methyl sites for hydroxylation is 1. The van der Waals surface area contributed by atoms with Gasteiger partial charge in [0.05, 0.1) is 5.92 Å². The van der Waals surface area contributed by atoms with E-state index in [1.807, 2.05) is 19.1 Å². The van der Waals surface area contributed by atoms with Gasteiger partial charge in [0.1, 0.15) is 0 Å². The molecule has 2 nitrogen and oxygen atoms in total. The van der Waals surface area contributed by atoms with Crippen molar-refractivity contribution in [2.45, 2.75) is 39.0 Å². The quantitative estimate of drug-likeness (QED) is 0.886. The standard InChI is InChI=1S/C19H21NO/c1-12(2)15-9-7-14(8-10-15)11-17-16-6-4-5-13(3)18(16)20-19(17)21/h4-10,12,17H,11H2,1-3H3,(H,20,21)/t17-/m0/s1. The van der Waals surface area contributed by atoms with Crippen molar-refractivity contribution in [3.8, 4) is 0 Å². The molecule has 1 aliphatic rings. The summed E-state index contributed by atoms with van der Waals surface area (Å²) in [5.74, 6) is 0.592. The first-order valence-electron chi connectivity index (χ1n) is 7.55. The molecular weight excluding hydrogens is 258 g/mol. The number of hydrogen-bond acceptors (Lipinski definition) is 1. The predicted octanol–water partition coefficient (Wildman–Crippen LogP) is 4.40. The summed E-state index contributed by atoms with van der Waals surface area (Å²) < 4.78 is 0. The molecule has 2 aromatic rings. The van der Waals surface area contributed by atoms with Crippen molar-refractivity contribution in [1.29, 1.82) is 0 Å². The first-order valence-corrected chi connectivity index (χ1v) is 7.55. The molecule has 0 unspecified atom stereocenters. The second-order valence-corrected chi connectivity index (χ2v) is 6.18. The number of hydrogen-bond donors (Lipinski definition) is 1. The van der Waals surface area contributed by atoms with E-state index in [1.54, 1.807) is 0 Å². The maximum Gasteiger partial charge on any atom is 0.232 e. The van der Waals surface area contributed by atoms with E-state index in [0.29, 0.717) is 5.92 Å². The molecule has 0 radical (unpaired) electrons. The SMILES string of the molecule is Cc1cccc2c1NC(=O)[C@H]2Cc1ccc(C(C)C)cc1. The molecule has 108 valence electrons. The minimum atomic E-state index is -0.0650. The second-order valence-electron chi connectivity index (χ2n) is 6.18. The highest BCUT2D eigenvalue weighted by molar-refractivity contribution is 6.03. The van der Waals surface area contributed by atoms with Gasteiger partial charge >= 0.3 is 0 Å². The topological polar surface area (TPSA) is 29.1 Å². The lowest BCUT2D eigenvalue weighted by molar-refractivity contribution is -0.117. The average molecular weight is 279 g/mol. The minimum absolute atomic E-state index is 0.0650. The van der Waals surface area contributed by atoms with Crippen LogP contribution in [0.1, 0.15) is 47.9 Å². The summed E-state index contributed by atoms with van der Waals surface area (Å²) in [7, 11) is 0. The van der Waals surface area contributed by atoms with Crippen LogP contribution in [0.25, 0.3) is 0 Å². The largest absolute Gasteiger partial charge is 0.325 e. The highest BCUT2D eigenvalue weighted by Crippen LogP contribution is 2.36. The van der Waals surface area contributed by atoms with Crippen LogP contribution in [0, 0.1) is 6.92 Å². The van der Waals surface area contributed by atoms with Gasteiger partial charge in [0.2, 0.25) is 5.91 Å². The number of rotatable bonds is 3. The van der Waals surface area contributed by atoms with Crippen molar-refractivity contribution in [1.82, 2.24) is 0 Å². The molecule has 1 N–H and O–H groups in total. The van der Waals surface area contributed by atoms with Crippen LogP contribution in [0.4, 0.5) is 5.69 Å². The Morgan fingerprint density at radius 2 is 1.81 bits per heavy atom. The average Bonchev–Trinajstić information content (AvgIpc) is 2.78. The maximum absolute atomic E-state index is 12.3. The highest BCUT2D eigenvalue weighted by atomic mass is 16.2. The molecule has 1 aliphatic heterocycles. The van der Waals surface area contributed by atoms with Gasteiger partial charge in [-0.15, -0.1) is 0 Å². The smallest absolute Gasteiger partial charge is 0.232 e. The van der Waals surface area contributed by atoms with E-state index in [1.165, 1.54) is 11.1 Å². The van der Waals surface area contributed by atoms with Crippen molar-refractivity contribution < 1.29 is 4.79 Å². The predicted molar refractivity (Wildman–Crippen MR) is 86.8 cm³/mol. The molecule has 0 saturated heterocycles. The summed E-state index contributed by atoms with van der Waals surface area (Å²) in [6, 6.07) is 14.8. The van der Waals surface area contributed by atoms with Crippen LogP contribution in [0.3, 0.4) is 0 Å². The molecule has 1 amide bonds. The van der Waals surface area contributed by atoms with Gasteiger partial charge in [-0.25, -0.2) is 0 Å². The lowest BCUT2D eigenvalue weighted by Gasteiger charge is -2.11. The Morgan fingerprint density at radius 3 is 2.48 bits per heavy atom. The van der Waals surface area contributed by atoms with Crippen molar-refractivity contribution >= 4 is 11.6 Å². The molecule has 0 spiro atoms. The normalized spacial score (nSPS) is 17.0. The molecule has 0 aromatic heterocycles. The lowest BCUT2D eigenvalue weighted by Crippen LogP contribution is -2.14. The van der Waals surface area contributed by atoms with Crippen molar-refractivity contribution in [2.75, 3.05) is 5.32 Å². The van der Waals surface area contributed by atoms with E-state index in [-0.39, 0.29) is 11.8 Å². The Morgan fingerprint density at radius 1 is 1.10 bits per heavy atom. The van der Waals surface area contributed by atoms with Crippen LogP contribution >= 0.6 is 0 Å². The van der Waals surface area contributed by atoms with E-state index >= 15 is 0 Å². The number of amides is 1. The van der Waals surface area contributed by atoms with Crippen LogP contribution in [0.5, 0.6) is 0 Å². The fourth-order valence-electron chi connectivity index (χ4n) is 2.98. The van der Waals surface area contributed by atoms with E-state index < -0.39 is 0 Å². The van der Waals surface area contributed by atoms with E-state index in [2.05, 4.69) is 49.5 Å². The Kier molecular flexibility index (Phi) is 3.54. The zero-order valence-electron chi connectivity index (χ0n) is 12.8. The van der Waals surface area contributed by atoms with Gasteiger partial charge in [0.25, 0.3) is 0 Å². The number of carbonyl (C=O) groups excluding carboxylic acids is 1. The Labute approximate surface area is 126 Å². The monoisotopic (exact) mass is 279 g/mol. The second kappa shape index (κ2) is 5.36. The Hall–Kier alpha value is -2.09. The first-order chi connectivity index (χ1) is 10.1. The number of carbonyl (C=O) groups is 1. The Balaban J connectivity index is 1.86. The number of fused-ring (bicyclic) bond motifs is 1. The zero-order valence-corrected chi connectivity index (χ0v) is 12.8. The van der Waals surface area contributed by atoms with Gasteiger partial charge in [0.15, 0.2) is 0 Å². The van der Waals surface area contributed by atoms with Gasteiger partial charge in [-0.1, -0.05) is 56.3 Å². The molecule has 2 heteroatoms. The van der Waals surface area contributed by atoms with Gasteiger partial charge < -0.3 is 5.32 Å². The molecular formula is C19H21NO. The van der Waals surface area contributed by atoms with Gasteiger partial charge in [-0.2, -0.15) is 0 Å².